The molecular formula is C41H36N6O13. The number of ether oxygens (including phenoxy) is 2. The molecule has 60 heavy (non-hydrogen) atoms. The van der Waals surface area contributed by atoms with Gasteiger partial charge in [0.05, 0.1) is 40.8 Å². The van der Waals surface area contributed by atoms with E-state index in [1.165, 1.54) is 38.3 Å². The van der Waals surface area contributed by atoms with Crippen LogP contribution >= 0.6 is 0 Å². The van der Waals surface area contributed by atoms with Crippen LogP contribution in [0.25, 0.3) is 45.0 Å². The molecule has 0 aliphatic carbocycles. The van der Waals surface area contributed by atoms with Gasteiger partial charge in [-0.15, -0.1) is 0 Å². The van der Waals surface area contributed by atoms with Crippen LogP contribution in [0.15, 0.2) is 91.3 Å². The van der Waals surface area contributed by atoms with Gasteiger partial charge in [-0.1, -0.05) is 34.6 Å². The lowest BCUT2D eigenvalue weighted by Crippen LogP contribution is -2.16. The number of aromatic nitrogens is 2. The molecule has 0 fully saturated rings. The van der Waals surface area contributed by atoms with E-state index in [0.29, 0.717) is 17.1 Å². The largest absolute Gasteiger partial charge is 0.465 e. The maximum Gasteiger partial charge on any atom is 0.338 e. The summed E-state index contributed by atoms with van der Waals surface area (Å²) in [4.78, 5) is 59.1. The molecule has 4 aromatic carbocycles. The topological polar surface area (TPSA) is 280 Å². The molecule has 308 valence electrons. The number of nitro groups is 2. The van der Waals surface area contributed by atoms with Gasteiger partial charge in [-0.2, -0.15) is 4.98 Å². The first-order chi connectivity index (χ1) is 28.5. The van der Waals surface area contributed by atoms with Crippen LogP contribution in [0.4, 0.5) is 11.4 Å². The fourth-order valence-electron chi connectivity index (χ4n) is 5.81. The summed E-state index contributed by atoms with van der Waals surface area (Å²) >= 11 is 0. The lowest BCUT2D eigenvalue weighted by molar-refractivity contribution is -0.385. The van der Waals surface area contributed by atoms with Crippen LogP contribution in [0.5, 0.6) is 0 Å². The Hall–Kier alpha value is -8.22. The zero-order chi connectivity index (χ0) is 44.0. The smallest absolute Gasteiger partial charge is 0.338 e. The number of esters is 2. The molecule has 0 saturated carbocycles. The second-order valence-electron chi connectivity index (χ2n) is 13.0. The Kier molecular flexibility index (Phi) is 12.8. The highest BCUT2D eigenvalue weighted by molar-refractivity contribution is 6.02. The molecule has 0 radical (unpaired) electrons. The Morgan fingerprint density at radius 1 is 0.733 bits per heavy atom. The van der Waals surface area contributed by atoms with Crippen LogP contribution in [-0.2, 0) is 9.47 Å². The van der Waals surface area contributed by atoms with Crippen LogP contribution in [0, 0.1) is 47.9 Å². The summed E-state index contributed by atoms with van der Waals surface area (Å²) in [6.45, 7) is 9.41. The van der Waals surface area contributed by atoms with Gasteiger partial charge in [0, 0.05) is 29.8 Å². The first-order valence-electron chi connectivity index (χ1n) is 17.6. The molecule has 19 heteroatoms. The van der Waals surface area contributed by atoms with Crippen molar-refractivity contribution in [2.75, 3.05) is 14.2 Å². The maximum atomic E-state index is 11.7. The second kappa shape index (κ2) is 17.9. The molecule has 0 spiro atoms. The van der Waals surface area contributed by atoms with E-state index in [4.69, 9.17) is 24.3 Å². The van der Waals surface area contributed by atoms with E-state index in [1.54, 1.807) is 6.07 Å². The van der Waals surface area contributed by atoms with Crippen LogP contribution in [0.2, 0.25) is 0 Å². The van der Waals surface area contributed by atoms with Gasteiger partial charge in [0.1, 0.15) is 16.7 Å². The van der Waals surface area contributed by atoms with Crippen molar-refractivity contribution in [3.8, 4) is 23.0 Å². The number of rotatable bonds is 8. The predicted molar refractivity (Wildman–Crippen MR) is 215 cm³/mol. The Balaban J connectivity index is 0.000000187. The summed E-state index contributed by atoms with van der Waals surface area (Å²) in [6, 6.07) is 19.0. The molecular weight excluding hydrogens is 784 g/mol. The van der Waals surface area contributed by atoms with E-state index in [9.17, 15) is 34.6 Å². The highest BCUT2D eigenvalue weighted by Crippen LogP contribution is 2.34. The number of oxime groups is 1. The third-order valence-electron chi connectivity index (χ3n) is 9.04. The zero-order valence-electron chi connectivity index (χ0n) is 33.1. The molecule has 3 N–H and O–H groups in total. The number of nitro benzene ring substituents is 2. The molecule has 7 aromatic rings. The second-order valence-corrected chi connectivity index (χ2v) is 13.0. The molecule has 0 atom stereocenters. The zero-order valence-corrected chi connectivity index (χ0v) is 33.1. The van der Waals surface area contributed by atoms with Crippen molar-refractivity contribution in [1.82, 2.24) is 10.1 Å². The van der Waals surface area contributed by atoms with Crippen molar-refractivity contribution in [3.63, 3.8) is 0 Å². The summed E-state index contributed by atoms with van der Waals surface area (Å²) in [5.41, 5.74) is 10.3. The number of nitrogens with two attached hydrogens (primary N) is 1. The molecule has 0 bridgehead atoms. The number of nitrogens with zero attached hydrogens (tertiary/aromatic N) is 5. The number of aryl methyl sites for hydroxylation is 4. The minimum Gasteiger partial charge on any atom is -0.465 e. The number of amidine groups is 1. The number of ketones is 1. The molecule has 0 aliphatic heterocycles. The predicted octanol–water partition coefficient (Wildman–Crippen LogP) is 8.19. The number of hydrogen-bond acceptors (Lipinski definition) is 16. The van der Waals surface area contributed by atoms with Gasteiger partial charge < -0.3 is 33.8 Å². The Morgan fingerprint density at radius 3 is 1.75 bits per heavy atom. The van der Waals surface area contributed by atoms with Gasteiger partial charge >= 0.3 is 11.9 Å². The van der Waals surface area contributed by atoms with Crippen molar-refractivity contribution in [2.24, 2.45) is 10.9 Å². The van der Waals surface area contributed by atoms with Crippen molar-refractivity contribution in [3.05, 3.63) is 138 Å². The van der Waals surface area contributed by atoms with Gasteiger partial charge in [0.25, 0.3) is 17.3 Å². The normalized spacial score (nSPS) is 10.9. The quantitative estimate of drug-likeness (QED) is 0.0278. The van der Waals surface area contributed by atoms with Crippen LogP contribution in [-0.4, -0.2) is 63.0 Å². The van der Waals surface area contributed by atoms with Crippen molar-refractivity contribution < 1.29 is 52.3 Å². The third kappa shape index (κ3) is 8.99. The molecule has 7 rings (SSSR count). The molecule has 0 amide bonds. The van der Waals surface area contributed by atoms with Crippen molar-refractivity contribution >= 4 is 56.9 Å². The first-order valence-corrected chi connectivity index (χ1v) is 17.6. The molecule has 0 unspecified atom stereocenters. The average molecular weight is 821 g/mol. The number of benzene rings is 4. The summed E-state index contributed by atoms with van der Waals surface area (Å²) < 4.78 is 25.7. The van der Waals surface area contributed by atoms with E-state index in [-0.39, 0.29) is 45.4 Å². The maximum absolute atomic E-state index is 11.7. The molecule has 0 saturated heterocycles. The Morgan fingerprint density at radius 2 is 1.25 bits per heavy atom. The lowest BCUT2D eigenvalue weighted by atomic mass is 10.1. The van der Waals surface area contributed by atoms with Crippen LogP contribution < -0.4 is 5.73 Å². The summed E-state index contributed by atoms with van der Waals surface area (Å²) in [7, 11) is 2.36. The highest BCUT2D eigenvalue weighted by Gasteiger charge is 2.25. The first kappa shape index (κ1) is 42.9. The standard InChI is InChI=1S/C20H15N3O6.C12H12O2.C9H9N3O5/c1-10-4-5-11(2)17-14(10)9-16(28-17)19-21-18(22-29-19)13-7-6-12(20(24)27-3)8-15(13)23(25)26;1-7-4-5-8(2)12-10(7)6-11(14-12)9(3)13;1-17-9(13)5-2-3-6(8(10)11-14)7(4-5)12(15)16/h4-9H,1-3H3;4-6H,1-3H3;2-4,14H,1H3,(H2,10,11). The van der Waals surface area contributed by atoms with E-state index < -0.39 is 33.3 Å². The Bertz CT molecular complexity index is 2770. The summed E-state index contributed by atoms with van der Waals surface area (Å²) in [6.07, 6.45) is 0. The molecule has 3 aromatic heterocycles. The number of Topliss-reactive ketones (excluding diaryl/α,β-unsaturated/α-hetero) is 1. The minimum atomic E-state index is -0.736. The highest BCUT2D eigenvalue weighted by atomic mass is 16.6. The number of carbonyl (C=O) groups excluding carboxylic acids is 3. The van der Waals surface area contributed by atoms with E-state index in [2.05, 4.69) is 24.8 Å². The summed E-state index contributed by atoms with van der Waals surface area (Å²) in [5.74, 6) is -0.908. The number of fused-ring (bicyclic) bond motifs is 2. The molecule has 3 heterocycles. The van der Waals surface area contributed by atoms with Crippen LogP contribution in [0.3, 0.4) is 0 Å². The van der Waals surface area contributed by atoms with Gasteiger partial charge in [0.2, 0.25) is 5.82 Å². The lowest BCUT2D eigenvalue weighted by Gasteiger charge is -2.03. The number of methoxy groups -OCH3 is 2. The number of carbonyl (C=O) groups is 3. The van der Waals surface area contributed by atoms with Gasteiger partial charge in [-0.25, -0.2) is 9.59 Å². The number of hydrogen-bond donors (Lipinski definition) is 2. The Labute approximate surface area is 339 Å². The van der Waals surface area contributed by atoms with Gasteiger partial charge in [-0.3, -0.25) is 25.0 Å². The van der Waals surface area contributed by atoms with Gasteiger partial charge in [-0.05, 0) is 86.3 Å². The van der Waals surface area contributed by atoms with Crippen molar-refractivity contribution in [1.29, 1.82) is 0 Å². The average Bonchev–Trinajstić information content (AvgIpc) is 4.03. The van der Waals surface area contributed by atoms with E-state index >= 15 is 0 Å². The molecule has 19 nitrogen and oxygen atoms in total. The third-order valence-corrected chi connectivity index (χ3v) is 9.04. The summed E-state index contributed by atoms with van der Waals surface area (Å²) in [5, 5.41) is 39.2. The van der Waals surface area contributed by atoms with Crippen molar-refractivity contribution in [2.45, 2.75) is 34.6 Å². The number of furan rings is 2. The molecule has 0 aliphatic rings. The SMILES string of the molecule is CC(=O)c1cc2c(C)ccc(C)c2o1.COC(=O)c1ccc(-c2noc(-c3cc4c(C)ccc(C)c4o3)n2)c([N+](=O)[O-])c1.COC(=O)c1ccc(/C(N)=N/O)c([N+](=O)[O-])c1. The van der Waals surface area contributed by atoms with E-state index in [1.807, 2.05) is 58.0 Å². The fourth-order valence-corrected chi connectivity index (χ4v) is 5.81. The fraction of sp³-hybridized carbons (Fsp3) is 0.171. The van der Waals surface area contributed by atoms with Gasteiger partial charge in [0.15, 0.2) is 23.1 Å². The monoisotopic (exact) mass is 820 g/mol. The van der Waals surface area contributed by atoms with Crippen LogP contribution in [0.1, 0.15) is 66.0 Å². The minimum absolute atomic E-state index is 0.00805. The van der Waals surface area contributed by atoms with E-state index in [0.717, 1.165) is 57.9 Å².